The zero-order chi connectivity index (χ0) is 27.1. The lowest BCUT2D eigenvalue weighted by atomic mass is 9.79. The quantitative estimate of drug-likeness (QED) is 0.325. The molecule has 1 aliphatic heterocycles. The molecule has 1 saturated heterocycles. The van der Waals surface area contributed by atoms with Gasteiger partial charge in [0.25, 0.3) is 11.8 Å². The number of piperidine rings is 1. The number of likely N-dealkylation sites (tertiary alicyclic amines) is 1. The van der Waals surface area contributed by atoms with E-state index in [1.165, 1.54) is 11.1 Å². The number of carbonyl (C=O) groups excluding carboxylic acids is 1. The summed E-state index contributed by atoms with van der Waals surface area (Å²) < 4.78 is 7.33. The fraction of sp³-hybridized carbons (Fsp3) is 0.333. The number of carbonyl (C=O) groups is 1. The fourth-order valence-corrected chi connectivity index (χ4v) is 5.30. The molecule has 1 aromatic carbocycles. The van der Waals surface area contributed by atoms with E-state index in [-0.39, 0.29) is 11.3 Å². The molecule has 198 valence electrons. The lowest BCUT2D eigenvalue weighted by Crippen LogP contribution is -2.44. The topological polar surface area (TPSA) is 102 Å². The van der Waals surface area contributed by atoms with Crippen LogP contribution >= 0.6 is 0 Å². The van der Waals surface area contributed by atoms with Crippen LogP contribution in [0.15, 0.2) is 59.5 Å². The number of nitrogens with zero attached hydrogens (tertiary/aromatic N) is 7. The van der Waals surface area contributed by atoms with Crippen molar-refractivity contribution in [1.29, 1.82) is 0 Å². The first-order valence-corrected chi connectivity index (χ1v) is 13.3. The Labute approximate surface area is 226 Å². The van der Waals surface area contributed by atoms with Crippen molar-refractivity contribution in [2.75, 3.05) is 13.1 Å². The third kappa shape index (κ3) is 4.58. The molecule has 0 spiro atoms. The van der Waals surface area contributed by atoms with E-state index in [2.05, 4.69) is 58.3 Å². The number of hydrogen-bond acceptors (Lipinski definition) is 7. The van der Waals surface area contributed by atoms with Gasteiger partial charge in [0.1, 0.15) is 5.56 Å². The second-order valence-corrected chi connectivity index (χ2v) is 10.7. The van der Waals surface area contributed by atoms with Crippen LogP contribution in [0, 0.1) is 20.8 Å². The van der Waals surface area contributed by atoms with Gasteiger partial charge in [-0.1, -0.05) is 41.9 Å². The number of benzene rings is 1. The summed E-state index contributed by atoms with van der Waals surface area (Å²) in [5.41, 5.74) is 7.17. The summed E-state index contributed by atoms with van der Waals surface area (Å²) in [5.74, 6) is 1.08. The van der Waals surface area contributed by atoms with Crippen molar-refractivity contribution < 1.29 is 9.32 Å². The minimum absolute atomic E-state index is 0.0474. The highest BCUT2D eigenvalue weighted by molar-refractivity contribution is 5.99. The molecular weight excluding hydrogens is 490 g/mol. The average Bonchev–Trinajstić information content (AvgIpc) is 3.61. The SMILES string of the molecule is Cc1ccc(Cc2c(C)nc3c(C(=O)N4CCC(C)(c5noc(-c6cccnc6)n5)CC4)cnn3c2C)cc1. The first-order chi connectivity index (χ1) is 18.8. The third-order valence-corrected chi connectivity index (χ3v) is 7.97. The standard InChI is InChI=1S/C30H31N7O2/c1-19-7-9-22(10-8-19)16-24-20(2)33-26-25(18-32-37(26)21(24)3)28(38)36-14-11-30(4,12-15-36)29-34-27(39-35-29)23-6-5-13-31-17-23/h5-10,13,17-18H,11-12,14-16H2,1-4H3. The molecule has 1 aliphatic rings. The molecule has 1 amide bonds. The second kappa shape index (κ2) is 9.72. The van der Waals surface area contributed by atoms with Gasteiger partial charge in [-0.2, -0.15) is 10.1 Å². The van der Waals surface area contributed by atoms with Gasteiger partial charge in [0.05, 0.1) is 11.8 Å². The summed E-state index contributed by atoms with van der Waals surface area (Å²) in [6.07, 6.45) is 7.31. The minimum atomic E-state index is -0.280. The van der Waals surface area contributed by atoms with Crippen LogP contribution in [0.4, 0.5) is 0 Å². The van der Waals surface area contributed by atoms with Crippen molar-refractivity contribution in [3.63, 3.8) is 0 Å². The van der Waals surface area contributed by atoms with Crippen LogP contribution in [-0.2, 0) is 11.8 Å². The number of amides is 1. The zero-order valence-electron chi connectivity index (χ0n) is 22.7. The van der Waals surface area contributed by atoms with Gasteiger partial charge in [0.2, 0.25) is 0 Å². The van der Waals surface area contributed by atoms with Crippen LogP contribution in [0.2, 0.25) is 0 Å². The Morgan fingerprint density at radius 3 is 2.51 bits per heavy atom. The summed E-state index contributed by atoms with van der Waals surface area (Å²) in [5, 5.41) is 8.84. The lowest BCUT2D eigenvalue weighted by Gasteiger charge is -2.37. The van der Waals surface area contributed by atoms with Crippen molar-refractivity contribution >= 4 is 11.6 Å². The largest absolute Gasteiger partial charge is 0.338 e. The van der Waals surface area contributed by atoms with Crippen molar-refractivity contribution in [3.05, 3.63) is 94.5 Å². The molecule has 39 heavy (non-hydrogen) atoms. The maximum Gasteiger partial charge on any atom is 0.259 e. The highest BCUT2D eigenvalue weighted by Gasteiger charge is 2.38. The minimum Gasteiger partial charge on any atom is -0.338 e. The van der Waals surface area contributed by atoms with Crippen molar-refractivity contribution in [3.8, 4) is 11.5 Å². The average molecular weight is 522 g/mol. The molecule has 0 unspecified atom stereocenters. The second-order valence-electron chi connectivity index (χ2n) is 10.7. The van der Waals surface area contributed by atoms with Crippen molar-refractivity contribution in [2.45, 2.75) is 52.4 Å². The molecule has 9 nitrogen and oxygen atoms in total. The molecule has 5 aromatic rings. The van der Waals surface area contributed by atoms with Crippen LogP contribution in [0.1, 0.15) is 64.0 Å². The van der Waals surface area contributed by atoms with Gasteiger partial charge in [-0.15, -0.1) is 0 Å². The lowest BCUT2D eigenvalue weighted by molar-refractivity contribution is 0.0671. The Bertz CT molecular complexity index is 1650. The molecule has 0 aliphatic carbocycles. The van der Waals surface area contributed by atoms with Crippen LogP contribution in [-0.4, -0.2) is 53.6 Å². The Morgan fingerprint density at radius 2 is 1.79 bits per heavy atom. The zero-order valence-corrected chi connectivity index (χ0v) is 22.7. The number of aromatic nitrogens is 6. The normalized spacial score (nSPS) is 15.1. The van der Waals surface area contributed by atoms with Crippen LogP contribution in [0.3, 0.4) is 0 Å². The molecule has 6 rings (SSSR count). The van der Waals surface area contributed by atoms with Crippen molar-refractivity contribution in [1.82, 2.24) is 34.6 Å². The van der Waals surface area contributed by atoms with Gasteiger partial charge in [-0.05, 0) is 56.9 Å². The maximum absolute atomic E-state index is 13.6. The summed E-state index contributed by atoms with van der Waals surface area (Å²) in [6.45, 7) is 9.45. The van der Waals surface area contributed by atoms with E-state index in [1.807, 2.05) is 30.9 Å². The highest BCUT2D eigenvalue weighted by Crippen LogP contribution is 2.35. The number of rotatable bonds is 5. The molecule has 0 radical (unpaired) electrons. The summed E-state index contributed by atoms with van der Waals surface area (Å²) in [4.78, 5) is 29.1. The Balaban J connectivity index is 1.19. The Kier molecular flexibility index (Phi) is 6.21. The number of pyridine rings is 1. The predicted molar refractivity (Wildman–Crippen MR) is 146 cm³/mol. The van der Waals surface area contributed by atoms with E-state index in [9.17, 15) is 4.79 Å². The third-order valence-electron chi connectivity index (χ3n) is 7.97. The number of aryl methyl sites for hydroxylation is 3. The van der Waals surface area contributed by atoms with Gasteiger partial charge in [-0.3, -0.25) is 9.78 Å². The van der Waals surface area contributed by atoms with Gasteiger partial charge < -0.3 is 9.42 Å². The number of fused-ring (bicyclic) bond motifs is 1. The molecule has 9 heteroatoms. The van der Waals surface area contributed by atoms with Gasteiger partial charge in [0, 0.05) is 48.7 Å². The van der Waals surface area contributed by atoms with Gasteiger partial charge >= 0.3 is 0 Å². The Hall–Kier alpha value is -4.40. The predicted octanol–water partition coefficient (Wildman–Crippen LogP) is 4.88. The Morgan fingerprint density at radius 1 is 1.03 bits per heavy atom. The molecule has 1 fully saturated rings. The monoisotopic (exact) mass is 521 g/mol. The molecule has 0 saturated carbocycles. The first-order valence-electron chi connectivity index (χ1n) is 13.3. The molecule has 4 aromatic heterocycles. The summed E-state index contributed by atoms with van der Waals surface area (Å²) in [7, 11) is 0. The van der Waals surface area contributed by atoms with E-state index in [4.69, 9.17) is 9.51 Å². The molecular formula is C30H31N7O2. The number of hydrogen-bond donors (Lipinski definition) is 0. The maximum atomic E-state index is 13.6. The van der Waals surface area contributed by atoms with Crippen LogP contribution < -0.4 is 0 Å². The summed E-state index contributed by atoms with van der Waals surface area (Å²) in [6, 6.07) is 12.3. The fourth-order valence-electron chi connectivity index (χ4n) is 5.30. The van der Waals surface area contributed by atoms with Crippen molar-refractivity contribution in [2.24, 2.45) is 0 Å². The van der Waals surface area contributed by atoms with E-state index in [1.54, 1.807) is 23.1 Å². The van der Waals surface area contributed by atoms with E-state index >= 15 is 0 Å². The molecule has 5 heterocycles. The van der Waals surface area contributed by atoms with Crippen LogP contribution in [0.25, 0.3) is 17.1 Å². The highest BCUT2D eigenvalue weighted by atomic mass is 16.5. The molecule has 0 atom stereocenters. The van der Waals surface area contributed by atoms with Crippen LogP contribution in [0.5, 0.6) is 0 Å². The van der Waals surface area contributed by atoms with E-state index < -0.39 is 0 Å². The van der Waals surface area contributed by atoms with Gasteiger partial charge in [0.15, 0.2) is 11.5 Å². The van der Waals surface area contributed by atoms with E-state index in [0.29, 0.717) is 36.0 Å². The smallest absolute Gasteiger partial charge is 0.259 e. The van der Waals surface area contributed by atoms with Gasteiger partial charge in [-0.25, -0.2) is 9.50 Å². The molecule has 0 N–H and O–H groups in total. The molecule has 0 bridgehead atoms. The summed E-state index contributed by atoms with van der Waals surface area (Å²) >= 11 is 0. The first kappa shape index (κ1) is 24.9. The van der Waals surface area contributed by atoms with E-state index in [0.717, 1.165) is 41.8 Å².